The molecule has 0 saturated carbocycles. The van der Waals surface area contributed by atoms with Gasteiger partial charge in [0.05, 0.1) is 18.6 Å². The van der Waals surface area contributed by atoms with E-state index < -0.39 is 0 Å². The second-order valence-electron chi connectivity index (χ2n) is 7.90. The molecule has 0 aromatic heterocycles. The van der Waals surface area contributed by atoms with Crippen molar-refractivity contribution in [2.75, 3.05) is 20.3 Å². The van der Waals surface area contributed by atoms with Crippen molar-refractivity contribution in [2.45, 2.75) is 13.5 Å². The molecule has 0 atom stereocenters. The van der Waals surface area contributed by atoms with Crippen molar-refractivity contribution in [3.8, 4) is 17.2 Å². The summed E-state index contributed by atoms with van der Waals surface area (Å²) in [6.07, 6.45) is 1.66. The van der Waals surface area contributed by atoms with Crippen LogP contribution in [-0.2, 0) is 11.4 Å². The minimum absolute atomic E-state index is 0.162. The Morgan fingerprint density at radius 2 is 1.78 bits per heavy atom. The van der Waals surface area contributed by atoms with Crippen LogP contribution in [0.5, 0.6) is 17.2 Å². The molecule has 36 heavy (non-hydrogen) atoms. The Labute approximate surface area is 227 Å². The fraction of sp³-hybridized carbons (Fsp3) is 0.185. The van der Waals surface area contributed by atoms with Crippen LogP contribution < -0.4 is 14.2 Å². The van der Waals surface area contributed by atoms with Gasteiger partial charge in [-0.25, -0.2) is 0 Å². The number of methoxy groups -OCH3 is 1. The molecular formula is C27H23BrClNO5S. The second-order valence-corrected chi connectivity index (χ2v) is 10.2. The minimum atomic E-state index is -0.359. The quantitative estimate of drug-likeness (QED) is 0.248. The number of imide groups is 1. The van der Waals surface area contributed by atoms with E-state index in [-0.39, 0.29) is 30.9 Å². The predicted octanol–water partition coefficient (Wildman–Crippen LogP) is 7.11. The molecule has 0 bridgehead atoms. The lowest BCUT2D eigenvalue weighted by Gasteiger charge is -2.14. The third-order valence-electron chi connectivity index (χ3n) is 5.39. The summed E-state index contributed by atoms with van der Waals surface area (Å²) in [5.41, 5.74) is 2.65. The highest BCUT2D eigenvalue weighted by Crippen LogP contribution is 2.38. The summed E-state index contributed by atoms with van der Waals surface area (Å²) in [5.74, 6) is 1.34. The van der Waals surface area contributed by atoms with Gasteiger partial charge in [-0.15, -0.1) is 0 Å². The van der Waals surface area contributed by atoms with E-state index in [1.54, 1.807) is 24.3 Å². The standard InChI is InChI=1S/C27H23BrClNO5S/c1-17-7-9-20(10-8-17)34-12-11-30-26(31)25(36-27(30)32)14-19-13-23(33-2)24(15-21(19)28)35-16-18-5-3-4-6-22(18)29/h3-10,13-15H,11-12,16H2,1-2H3/b25-14-. The van der Waals surface area contributed by atoms with E-state index in [1.807, 2.05) is 49.4 Å². The van der Waals surface area contributed by atoms with E-state index in [1.165, 1.54) is 12.0 Å². The summed E-state index contributed by atoms with van der Waals surface area (Å²) in [5, 5.41) is 0.286. The lowest BCUT2D eigenvalue weighted by Crippen LogP contribution is -2.32. The van der Waals surface area contributed by atoms with Crippen molar-refractivity contribution < 1.29 is 23.8 Å². The first-order valence-electron chi connectivity index (χ1n) is 11.0. The summed E-state index contributed by atoms with van der Waals surface area (Å²) in [4.78, 5) is 26.9. The van der Waals surface area contributed by atoms with Crippen LogP contribution in [0.25, 0.3) is 6.08 Å². The Kier molecular flexibility index (Phi) is 8.61. The van der Waals surface area contributed by atoms with Crippen molar-refractivity contribution in [1.29, 1.82) is 0 Å². The minimum Gasteiger partial charge on any atom is -0.493 e. The lowest BCUT2D eigenvalue weighted by molar-refractivity contribution is -0.123. The van der Waals surface area contributed by atoms with E-state index in [0.29, 0.717) is 37.2 Å². The molecule has 6 nitrogen and oxygen atoms in total. The Morgan fingerprint density at radius 3 is 2.50 bits per heavy atom. The Balaban J connectivity index is 1.44. The number of aryl methyl sites for hydroxylation is 1. The number of thioether (sulfide) groups is 1. The molecule has 1 aliphatic heterocycles. The largest absolute Gasteiger partial charge is 0.493 e. The zero-order chi connectivity index (χ0) is 25.7. The predicted molar refractivity (Wildman–Crippen MR) is 146 cm³/mol. The molecule has 0 N–H and O–H groups in total. The first-order chi connectivity index (χ1) is 17.4. The van der Waals surface area contributed by atoms with Crippen LogP contribution in [0.15, 0.2) is 70.0 Å². The smallest absolute Gasteiger partial charge is 0.293 e. The first-order valence-corrected chi connectivity index (χ1v) is 13.0. The van der Waals surface area contributed by atoms with Gasteiger partial charge in [-0.2, -0.15) is 0 Å². The van der Waals surface area contributed by atoms with E-state index in [9.17, 15) is 9.59 Å². The highest BCUT2D eigenvalue weighted by Gasteiger charge is 2.35. The summed E-state index contributed by atoms with van der Waals surface area (Å²) in [6, 6.07) is 18.6. The van der Waals surface area contributed by atoms with Crippen LogP contribution in [0.2, 0.25) is 5.02 Å². The van der Waals surface area contributed by atoms with E-state index in [4.69, 9.17) is 25.8 Å². The number of benzene rings is 3. The molecule has 0 spiro atoms. The molecule has 2 amide bonds. The molecule has 1 heterocycles. The Morgan fingerprint density at radius 1 is 1.03 bits per heavy atom. The average molecular weight is 589 g/mol. The van der Waals surface area contributed by atoms with Crippen molar-refractivity contribution in [3.63, 3.8) is 0 Å². The number of carbonyl (C=O) groups is 2. The maximum absolute atomic E-state index is 12.9. The molecule has 9 heteroatoms. The van der Waals surface area contributed by atoms with Crippen LogP contribution in [-0.4, -0.2) is 36.3 Å². The van der Waals surface area contributed by atoms with E-state index >= 15 is 0 Å². The maximum atomic E-state index is 12.9. The molecule has 1 aliphatic rings. The van der Waals surface area contributed by atoms with Gasteiger partial charge >= 0.3 is 0 Å². The third-order valence-corrected chi connectivity index (χ3v) is 7.35. The summed E-state index contributed by atoms with van der Waals surface area (Å²) >= 11 is 10.7. The van der Waals surface area contributed by atoms with Gasteiger partial charge < -0.3 is 14.2 Å². The number of ether oxygens (including phenoxy) is 3. The van der Waals surface area contributed by atoms with E-state index in [0.717, 1.165) is 22.9 Å². The molecular weight excluding hydrogens is 566 g/mol. The zero-order valence-electron chi connectivity index (χ0n) is 19.6. The van der Waals surface area contributed by atoms with Gasteiger partial charge in [0.2, 0.25) is 0 Å². The number of amides is 2. The average Bonchev–Trinajstić information content (AvgIpc) is 3.13. The summed E-state index contributed by atoms with van der Waals surface area (Å²) in [6.45, 7) is 2.63. The lowest BCUT2D eigenvalue weighted by atomic mass is 10.1. The maximum Gasteiger partial charge on any atom is 0.293 e. The van der Waals surface area contributed by atoms with Gasteiger partial charge in [-0.3, -0.25) is 14.5 Å². The van der Waals surface area contributed by atoms with Gasteiger partial charge in [0, 0.05) is 15.1 Å². The van der Waals surface area contributed by atoms with Gasteiger partial charge in [0.25, 0.3) is 11.1 Å². The van der Waals surface area contributed by atoms with Crippen molar-refractivity contribution in [3.05, 3.63) is 91.8 Å². The number of carbonyl (C=O) groups excluding carboxylic acids is 2. The van der Waals surface area contributed by atoms with Crippen LogP contribution in [0.4, 0.5) is 4.79 Å². The molecule has 186 valence electrons. The van der Waals surface area contributed by atoms with Gasteiger partial charge in [-0.05, 0) is 60.7 Å². The highest BCUT2D eigenvalue weighted by molar-refractivity contribution is 9.10. The third kappa shape index (κ3) is 6.24. The van der Waals surface area contributed by atoms with Gasteiger partial charge in [0.15, 0.2) is 11.5 Å². The number of rotatable bonds is 9. The normalized spacial score (nSPS) is 14.4. The Bertz CT molecular complexity index is 1310. The monoisotopic (exact) mass is 587 g/mol. The number of nitrogens with zero attached hydrogens (tertiary/aromatic N) is 1. The second kappa shape index (κ2) is 11.9. The van der Waals surface area contributed by atoms with E-state index in [2.05, 4.69) is 15.9 Å². The van der Waals surface area contributed by atoms with Crippen molar-refractivity contribution in [2.24, 2.45) is 0 Å². The molecule has 3 aromatic rings. The topological polar surface area (TPSA) is 65.1 Å². The molecule has 4 rings (SSSR count). The molecule has 0 aliphatic carbocycles. The fourth-order valence-corrected chi connectivity index (χ4v) is 4.91. The summed E-state index contributed by atoms with van der Waals surface area (Å²) in [7, 11) is 1.54. The first kappa shape index (κ1) is 26.1. The number of hydrogen-bond donors (Lipinski definition) is 0. The summed E-state index contributed by atoms with van der Waals surface area (Å²) < 4.78 is 17.8. The molecule has 0 unspecified atom stereocenters. The van der Waals surface area contributed by atoms with Crippen molar-refractivity contribution >= 4 is 56.5 Å². The van der Waals surface area contributed by atoms with Crippen LogP contribution in [0, 0.1) is 6.92 Å². The number of halogens is 2. The Hall–Kier alpha value is -2.94. The van der Waals surface area contributed by atoms with Gasteiger partial charge in [0.1, 0.15) is 19.0 Å². The van der Waals surface area contributed by atoms with Crippen LogP contribution in [0.1, 0.15) is 16.7 Å². The molecule has 0 radical (unpaired) electrons. The zero-order valence-corrected chi connectivity index (χ0v) is 22.8. The molecule has 3 aromatic carbocycles. The molecule has 1 saturated heterocycles. The van der Waals surface area contributed by atoms with Gasteiger partial charge in [-0.1, -0.05) is 63.4 Å². The fourth-order valence-electron chi connectivity index (χ4n) is 3.43. The molecule has 1 fully saturated rings. The SMILES string of the molecule is COc1cc(/C=C2\SC(=O)N(CCOc3ccc(C)cc3)C2=O)c(Br)cc1OCc1ccccc1Cl. The van der Waals surface area contributed by atoms with Crippen LogP contribution >= 0.6 is 39.3 Å². The number of hydrogen-bond acceptors (Lipinski definition) is 6. The van der Waals surface area contributed by atoms with Crippen molar-refractivity contribution in [1.82, 2.24) is 4.90 Å². The van der Waals surface area contributed by atoms with Crippen LogP contribution in [0.3, 0.4) is 0 Å². The highest BCUT2D eigenvalue weighted by atomic mass is 79.9.